The minimum atomic E-state index is -0.279. The van der Waals surface area contributed by atoms with E-state index in [1.165, 1.54) is 10.2 Å². The van der Waals surface area contributed by atoms with Gasteiger partial charge in [0.15, 0.2) is 0 Å². The Morgan fingerprint density at radius 2 is 1.85 bits per heavy atom. The molecule has 138 valence electrons. The molecule has 0 radical (unpaired) electrons. The van der Waals surface area contributed by atoms with Gasteiger partial charge in [0.2, 0.25) is 5.91 Å². The number of aromatic nitrogens is 3. The smallest absolute Gasteiger partial charge is 0.324 e. The van der Waals surface area contributed by atoms with Crippen molar-refractivity contribution in [3.63, 3.8) is 0 Å². The van der Waals surface area contributed by atoms with Crippen LogP contribution in [-0.4, -0.2) is 20.3 Å². The highest BCUT2D eigenvalue weighted by Crippen LogP contribution is 2.39. The summed E-state index contributed by atoms with van der Waals surface area (Å²) in [6.45, 7) is 3.92. The SMILES string of the molecule is Cc1ccc(NC(=O)Cn2nc(C3CC3)n(-c3ccccc3)c2=O)cc1C. The van der Waals surface area contributed by atoms with Crippen molar-refractivity contribution in [2.45, 2.75) is 39.2 Å². The molecule has 1 amide bonds. The monoisotopic (exact) mass is 362 g/mol. The largest absolute Gasteiger partial charge is 0.351 e. The number of anilines is 1. The Kier molecular flexibility index (Phi) is 4.39. The maximum Gasteiger partial charge on any atom is 0.351 e. The van der Waals surface area contributed by atoms with Crippen LogP contribution in [-0.2, 0) is 11.3 Å². The van der Waals surface area contributed by atoms with Crippen molar-refractivity contribution >= 4 is 11.6 Å². The molecule has 1 aliphatic rings. The van der Waals surface area contributed by atoms with Crippen molar-refractivity contribution in [2.24, 2.45) is 0 Å². The van der Waals surface area contributed by atoms with E-state index < -0.39 is 0 Å². The molecule has 0 atom stereocenters. The van der Waals surface area contributed by atoms with Crippen molar-refractivity contribution in [1.82, 2.24) is 14.3 Å². The average molecular weight is 362 g/mol. The first-order valence-electron chi connectivity index (χ1n) is 9.15. The lowest BCUT2D eigenvalue weighted by Crippen LogP contribution is -2.29. The maximum absolute atomic E-state index is 12.9. The third kappa shape index (κ3) is 3.56. The van der Waals surface area contributed by atoms with E-state index in [0.717, 1.165) is 35.6 Å². The Hall–Kier alpha value is -3.15. The van der Waals surface area contributed by atoms with Crippen molar-refractivity contribution in [1.29, 1.82) is 0 Å². The molecule has 27 heavy (non-hydrogen) atoms. The molecule has 1 aliphatic carbocycles. The van der Waals surface area contributed by atoms with Crippen molar-refractivity contribution < 1.29 is 4.79 Å². The van der Waals surface area contributed by atoms with Crippen molar-refractivity contribution in [2.75, 3.05) is 5.32 Å². The molecule has 1 aromatic heterocycles. The number of hydrogen-bond donors (Lipinski definition) is 1. The predicted octanol–water partition coefficient (Wildman–Crippen LogP) is 3.17. The Morgan fingerprint density at radius 1 is 1.11 bits per heavy atom. The maximum atomic E-state index is 12.9. The Balaban J connectivity index is 1.60. The summed E-state index contributed by atoms with van der Waals surface area (Å²) in [4.78, 5) is 25.3. The Labute approximate surface area is 157 Å². The van der Waals surface area contributed by atoms with Gasteiger partial charge in [0.25, 0.3) is 0 Å². The van der Waals surface area contributed by atoms with E-state index in [4.69, 9.17) is 0 Å². The number of hydrogen-bond acceptors (Lipinski definition) is 3. The predicted molar refractivity (Wildman–Crippen MR) is 104 cm³/mol. The summed E-state index contributed by atoms with van der Waals surface area (Å²) in [5.74, 6) is 0.771. The number of carbonyl (C=O) groups is 1. The summed E-state index contributed by atoms with van der Waals surface area (Å²) < 4.78 is 2.89. The van der Waals surface area contributed by atoms with Gasteiger partial charge >= 0.3 is 5.69 Å². The molecule has 6 heteroatoms. The van der Waals surface area contributed by atoms with E-state index in [1.807, 2.05) is 62.4 Å². The van der Waals surface area contributed by atoms with Gasteiger partial charge in [-0.1, -0.05) is 24.3 Å². The molecular weight excluding hydrogens is 340 g/mol. The Bertz CT molecular complexity index is 1050. The van der Waals surface area contributed by atoms with E-state index in [9.17, 15) is 9.59 Å². The molecule has 3 aromatic rings. The quantitative estimate of drug-likeness (QED) is 0.758. The molecule has 0 saturated heterocycles. The first-order chi connectivity index (χ1) is 13.0. The van der Waals surface area contributed by atoms with Gasteiger partial charge in [-0.15, -0.1) is 0 Å². The summed E-state index contributed by atoms with van der Waals surface area (Å²) in [5.41, 5.74) is 3.50. The van der Waals surface area contributed by atoms with Crippen LogP contribution < -0.4 is 11.0 Å². The second-order valence-corrected chi connectivity index (χ2v) is 7.09. The van der Waals surface area contributed by atoms with Gasteiger partial charge in [0.1, 0.15) is 12.4 Å². The summed E-state index contributed by atoms with van der Waals surface area (Å²) in [6, 6.07) is 15.2. The van der Waals surface area contributed by atoms with Gasteiger partial charge in [-0.05, 0) is 62.1 Å². The van der Waals surface area contributed by atoms with Gasteiger partial charge in [0.05, 0.1) is 5.69 Å². The first kappa shape index (κ1) is 17.3. The lowest BCUT2D eigenvalue weighted by molar-refractivity contribution is -0.117. The molecule has 0 spiro atoms. The van der Waals surface area contributed by atoms with E-state index >= 15 is 0 Å². The summed E-state index contributed by atoms with van der Waals surface area (Å²) in [7, 11) is 0. The van der Waals surface area contributed by atoms with Crippen LogP contribution in [0.3, 0.4) is 0 Å². The van der Waals surface area contributed by atoms with Gasteiger partial charge in [0, 0.05) is 11.6 Å². The lowest BCUT2D eigenvalue weighted by atomic mass is 10.1. The number of rotatable bonds is 5. The fraction of sp³-hybridized carbons (Fsp3) is 0.286. The standard InChI is InChI=1S/C21H22N4O2/c1-14-8-11-17(12-15(14)2)22-19(26)13-24-21(27)25(18-6-4-3-5-7-18)20(23-24)16-9-10-16/h3-8,11-12,16H,9-10,13H2,1-2H3,(H,22,26). The van der Waals surface area contributed by atoms with Gasteiger partial charge in [-0.2, -0.15) is 5.10 Å². The second-order valence-electron chi connectivity index (χ2n) is 7.09. The third-order valence-electron chi connectivity index (χ3n) is 4.91. The molecule has 2 aromatic carbocycles. The highest BCUT2D eigenvalue weighted by atomic mass is 16.2. The molecule has 1 saturated carbocycles. The van der Waals surface area contributed by atoms with Gasteiger partial charge in [-0.25, -0.2) is 14.0 Å². The molecule has 1 heterocycles. The Morgan fingerprint density at radius 3 is 2.52 bits per heavy atom. The fourth-order valence-corrected chi connectivity index (χ4v) is 3.11. The van der Waals surface area contributed by atoms with Crippen LogP contribution >= 0.6 is 0 Å². The van der Waals surface area contributed by atoms with Crippen molar-refractivity contribution in [3.8, 4) is 5.69 Å². The molecule has 6 nitrogen and oxygen atoms in total. The minimum absolute atomic E-state index is 0.106. The number of benzene rings is 2. The van der Waals surface area contributed by atoms with Crippen LogP contribution in [0.15, 0.2) is 53.3 Å². The first-order valence-corrected chi connectivity index (χ1v) is 9.15. The van der Waals surface area contributed by atoms with Crippen LogP contribution in [0.25, 0.3) is 5.69 Å². The van der Waals surface area contributed by atoms with Gasteiger partial charge in [-0.3, -0.25) is 4.79 Å². The zero-order valence-electron chi connectivity index (χ0n) is 15.5. The van der Waals surface area contributed by atoms with Crippen LogP contribution in [0.1, 0.15) is 35.7 Å². The molecule has 0 aliphatic heterocycles. The molecular formula is C21H22N4O2. The number of para-hydroxylation sites is 1. The number of nitrogens with zero attached hydrogens (tertiary/aromatic N) is 3. The topological polar surface area (TPSA) is 68.9 Å². The number of carbonyl (C=O) groups excluding carboxylic acids is 1. The van der Waals surface area contributed by atoms with Crippen molar-refractivity contribution in [3.05, 3.63) is 76.0 Å². The highest BCUT2D eigenvalue weighted by molar-refractivity contribution is 5.90. The zero-order chi connectivity index (χ0) is 19.0. The third-order valence-corrected chi connectivity index (χ3v) is 4.91. The van der Waals surface area contributed by atoms with Crippen LogP contribution in [0.4, 0.5) is 5.69 Å². The summed E-state index contributed by atoms with van der Waals surface area (Å²) >= 11 is 0. The molecule has 0 bridgehead atoms. The summed E-state index contributed by atoms with van der Waals surface area (Å²) in [6.07, 6.45) is 2.05. The average Bonchev–Trinajstić information content (AvgIpc) is 3.44. The van der Waals surface area contributed by atoms with Crippen LogP contribution in [0.2, 0.25) is 0 Å². The second kappa shape index (κ2) is 6.87. The zero-order valence-corrected chi connectivity index (χ0v) is 15.5. The van der Waals surface area contributed by atoms with Gasteiger partial charge < -0.3 is 5.32 Å². The molecule has 4 rings (SSSR count). The van der Waals surface area contributed by atoms with Crippen LogP contribution in [0.5, 0.6) is 0 Å². The van der Waals surface area contributed by atoms with E-state index in [-0.39, 0.29) is 18.1 Å². The lowest BCUT2D eigenvalue weighted by Gasteiger charge is -2.07. The molecule has 1 fully saturated rings. The fourth-order valence-electron chi connectivity index (χ4n) is 3.11. The highest BCUT2D eigenvalue weighted by Gasteiger charge is 2.31. The molecule has 0 unspecified atom stereocenters. The van der Waals surface area contributed by atoms with E-state index in [2.05, 4.69) is 10.4 Å². The number of aryl methyl sites for hydroxylation is 2. The number of amides is 1. The van der Waals surface area contributed by atoms with E-state index in [1.54, 1.807) is 4.57 Å². The van der Waals surface area contributed by atoms with E-state index in [0.29, 0.717) is 5.92 Å². The normalized spacial score (nSPS) is 13.6. The van der Waals surface area contributed by atoms with Crippen LogP contribution in [0, 0.1) is 13.8 Å². The minimum Gasteiger partial charge on any atom is -0.324 e. The molecule has 1 N–H and O–H groups in total. The number of nitrogens with one attached hydrogen (secondary N) is 1. The summed E-state index contributed by atoms with van der Waals surface area (Å²) in [5, 5.41) is 7.32.